The summed E-state index contributed by atoms with van der Waals surface area (Å²) in [7, 11) is -0.798. The van der Waals surface area contributed by atoms with E-state index in [-0.39, 0.29) is 0 Å². The number of halogens is 1. The molecule has 0 N–H and O–H groups in total. The Morgan fingerprint density at radius 1 is 0.433 bits per heavy atom. The van der Waals surface area contributed by atoms with Crippen LogP contribution in [0, 0.1) is 0 Å². The van der Waals surface area contributed by atoms with Gasteiger partial charge in [0.15, 0.2) is 0 Å². The first-order valence-electron chi connectivity index (χ1n) is 14.3. The van der Waals surface area contributed by atoms with Crippen LogP contribution >= 0.6 is 23.2 Å². The van der Waals surface area contributed by atoms with Crippen LogP contribution in [0.1, 0.15) is 148 Å². The van der Waals surface area contributed by atoms with Gasteiger partial charge >= 0.3 is 0 Å². The van der Waals surface area contributed by atoms with E-state index in [1.54, 1.807) is 115 Å². The molecule has 0 spiro atoms. The van der Waals surface area contributed by atoms with Crippen molar-refractivity contribution in [2.75, 3.05) is 11.5 Å². The Hall–Kier alpha value is 0.910. The second kappa shape index (κ2) is 14.9. The Balaban J connectivity index is 1.60. The molecular formula is C28H53BrP+. The summed E-state index contributed by atoms with van der Waals surface area (Å²) in [5, 5.41) is 1.20. The highest BCUT2D eigenvalue weighted by atomic mass is 79.9. The van der Waals surface area contributed by atoms with Gasteiger partial charge in [-0.05, 0) is 96.3 Å². The summed E-state index contributed by atoms with van der Waals surface area (Å²) in [4.78, 5) is 0. The van der Waals surface area contributed by atoms with Crippen molar-refractivity contribution < 1.29 is 0 Å². The van der Waals surface area contributed by atoms with Crippen molar-refractivity contribution in [3.63, 3.8) is 0 Å². The van der Waals surface area contributed by atoms with Gasteiger partial charge in [-0.3, -0.25) is 0 Å². The molecule has 3 rings (SSSR count). The average molecular weight is 501 g/mol. The topological polar surface area (TPSA) is 0 Å². The van der Waals surface area contributed by atoms with E-state index in [4.69, 9.17) is 0 Å². The standard InChI is InChI=1S/C28H53BrP/c29-24-16-5-3-1-2-4-6-17-25-30(26-18-10-7-11-19-26,27-20-12-8-13-21-27)28-22-14-9-15-23-28/h26-28H,1-25H2/q+1. The van der Waals surface area contributed by atoms with E-state index < -0.39 is 7.26 Å². The number of rotatable bonds is 13. The van der Waals surface area contributed by atoms with Crippen LogP contribution in [0.4, 0.5) is 0 Å². The van der Waals surface area contributed by atoms with Crippen LogP contribution in [-0.2, 0) is 0 Å². The van der Waals surface area contributed by atoms with Crippen LogP contribution in [0.15, 0.2) is 0 Å². The first-order chi connectivity index (χ1) is 14.9. The Morgan fingerprint density at radius 2 is 0.767 bits per heavy atom. The molecule has 0 aliphatic heterocycles. The molecule has 0 heterocycles. The van der Waals surface area contributed by atoms with Crippen molar-refractivity contribution >= 4 is 23.2 Å². The van der Waals surface area contributed by atoms with Crippen molar-refractivity contribution in [1.82, 2.24) is 0 Å². The lowest BCUT2D eigenvalue weighted by Gasteiger charge is -2.49. The first kappa shape index (κ1) is 25.5. The van der Waals surface area contributed by atoms with Gasteiger partial charge < -0.3 is 0 Å². The van der Waals surface area contributed by atoms with Crippen LogP contribution in [0.3, 0.4) is 0 Å². The van der Waals surface area contributed by atoms with Gasteiger partial charge in [0.2, 0.25) is 0 Å². The molecule has 0 unspecified atom stereocenters. The van der Waals surface area contributed by atoms with E-state index in [1.807, 2.05) is 0 Å². The van der Waals surface area contributed by atoms with E-state index in [9.17, 15) is 0 Å². The van der Waals surface area contributed by atoms with Crippen LogP contribution in [-0.4, -0.2) is 28.5 Å². The Morgan fingerprint density at radius 3 is 1.13 bits per heavy atom. The molecule has 0 aromatic heterocycles. The molecule has 2 heteroatoms. The van der Waals surface area contributed by atoms with Crippen LogP contribution in [0.25, 0.3) is 0 Å². The van der Waals surface area contributed by atoms with E-state index in [0.717, 1.165) is 0 Å². The highest BCUT2D eigenvalue weighted by Gasteiger charge is 2.56. The number of unbranched alkanes of at least 4 members (excludes halogenated alkanes) is 7. The van der Waals surface area contributed by atoms with Crippen molar-refractivity contribution in [1.29, 1.82) is 0 Å². The van der Waals surface area contributed by atoms with Crippen LogP contribution in [0.2, 0.25) is 0 Å². The second-order valence-electron chi connectivity index (χ2n) is 11.1. The van der Waals surface area contributed by atoms with Gasteiger partial charge in [0.1, 0.15) is 0 Å². The van der Waals surface area contributed by atoms with E-state index in [1.165, 1.54) is 60.8 Å². The fraction of sp³-hybridized carbons (Fsp3) is 1.00. The molecule has 176 valence electrons. The van der Waals surface area contributed by atoms with Crippen molar-refractivity contribution in [2.45, 2.75) is 165 Å². The molecule has 0 nitrogen and oxygen atoms in total. The third kappa shape index (κ3) is 7.47. The zero-order chi connectivity index (χ0) is 20.9. The second-order valence-corrected chi connectivity index (χ2v) is 16.5. The Labute approximate surface area is 199 Å². The molecular weight excluding hydrogens is 447 g/mol. The van der Waals surface area contributed by atoms with Gasteiger partial charge in [-0.2, -0.15) is 0 Å². The summed E-state index contributed by atoms with van der Waals surface area (Å²) < 4.78 is 0. The third-order valence-corrected chi connectivity index (χ3v) is 16.5. The zero-order valence-corrected chi connectivity index (χ0v) is 22.7. The van der Waals surface area contributed by atoms with E-state index >= 15 is 0 Å². The summed E-state index contributed by atoms with van der Waals surface area (Å²) in [5.74, 6) is 0. The van der Waals surface area contributed by atoms with Gasteiger partial charge in [0, 0.05) is 12.6 Å². The summed E-state index contributed by atoms with van der Waals surface area (Å²) in [6.45, 7) is 0. The average Bonchev–Trinajstić information content (AvgIpc) is 2.82. The predicted octanol–water partition coefficient (Wildman–Crippen LogP) is 10.5. The molecule has 30 heavy (non-hydrogen) atoms. The van der Waals surface area contributed by atoms with E-state index in [2.05, 4.69) is 15.9 Å². The number of alkyl halides is 1. The Kier molecular flexibility index (Phi) is 12.7. The minimum absolute atomic E-state index is 0.798. The lowest BCUT2D eigenvalue weighted by molar-refractivity contribution is 0.449. The molecule has 3 aliphatic rings. The van der Waals surface area contributed by atoms with Gasteiger partial charge in [-0.15, -0.1) is 0 Å². The smallest absolute Gasteiger partial charge is 0.0703 e. The van der Waals surface area contributed by atoms with Crippen molar-refractivity contribution in [2.24, 2.45) is 0 Å². The normalized spacial score (nSPS) is 23.1. The number of hydrogen-bond acceptors (Lipinski definition) is 0. The minimum Gasteiger partial charge on any atom is -0.0928 e. The molecule has 0 radical (unpaired) electrons. The molecule has 0 aromatic carbocycles. The molecule has 0 amide bonds. The SMILES string of the molecule is BrCCCCCCCCCC[P+](C1CCCCC1)(C1CCCCC1)C1CCCCC1. The monoisotopic (exact) mass is 499 g/mol. The summed E-state index contributed by atoms with van der Waals surface area (Å²) in [5.41, 5.74) is 3.59. The molecule has 0 saturated heterocycles. The molecule has 3 fully saturated rings. The Bertz CT molecular complexity index is 373. The van der Waals surface area contributed by atoms with Gasteiger partial charge in [0.25, 0.3) is 0 Å². The molecule has 0 bridgehead atoms. The highest BCUT2D eigenvalue weighted by molar-refractivity contribution is 9.09. The zero-order valence-electron chi connectivity index (χ0n) is 20.2. The largest absolute Gasteiger partial charge is 0.0928 e. The quantitative estimate of drug-likeness (QED) is 0.134. The van der Waals surface area contributed by atoms with Crippen LogP contribution < -0.4 is 0 Å². The minimum atomic E-state index is -0.798. The maximum absolute atomic E-state index is 3.57. The molecule has 0 atom stereocenters. The van der Waals surface area contributed by atoms with Gasteiger partial charge in [-0.25, -0.2) is 0 Å². The molecule has 3 aliphatic carbocycles. The maximum atomic E-state index is 3.57. The van der Waals surface area contributed by atoms with Crippen molar-refractivity contribution in [3.8, 4) is 0 Å². The lowest BCUT2D eigenvalue weighted by Crippen LogP contribution is -2.37. The lowest BCUT2D eigenvalue weighted by atomic mass is 9.99. The van der Waals surface area contributed by atoms with Crippen molar-refractivity contribution in [3.05, 3.63) is 0 Å². The summed E-state index contributed by atoms with van der Waals surface area (Å²) in [6, 6.07) is 0. The van der Waals surface area contributed by atoms with Crippen LogP contribution in [0.5, 0.6) is 0 Å². The fourth-order valence-corrected chi connectivity index (χ4v) is 15.7. The van der Waals surface area contributed by atoms with E-state index in [0.29, 0.717) is 0 Å². The fourth-order valence-electron chi connectivity index (χ4n) is 7.67. The molecule has 3 saturated carbocycles. The summed E-state index contributed by atoms with van der Waals surface area (Å²) in [6.07, 6.45) is 37.5. The third-order valence-electron chi connectivity index (χ3n) is 9.19. The van der Waals surface area contributed by atoms with Gasteiger partial charge in [-0.1, -0.05) is 67.3 Å². The van der Waals surface area contributed by atoms with Gasteiger partial charge in [0.05, 0.1) is 23.1 Å². The number of hydrogen-bond donors (Lipinski definition) is 0. The maximum Gasteiger partial charge on any atom is 0.0703 e. The highest BCUT2D eigenvalue weighted by Crippen LogP contribution is 2.77. The summed E-state index contributed by atoms with van der Waals surface area (Å²) >= 11 is 3.57. The predicted molar refractivity (Wildman–Crippen MR) is 143 cm³/mol. The first-order valence-corrected chi connectivity index (χ1v) is 17.6. The molecule has 0 aromatic rings.